The van der Waals surface area contributed by atoms with E-state index in [0.717, 1.165) is 37.2 Å². The molecule has 1 aromatic carbocycles. The Morgan fingerprint density at radius 1 is 1.26 bits per heavy atom. The zero-order chi connectivity index (χ0) is 19.1. The molecule has 144 valence electrons. The van der Waals surface area contributed by atoms with Crippen LogP contribution in [0.2, 0.25) is 0 Å². The number of hydrogen-bond donors (Lipinski definition) is 3. The fourth-order valence-electron chi connectivity index (χ4n) is 2.98. The zero-order valence-electron chi connectivity index (χ0n) is 15.4. The molecule has 0 bridgehead atoms. The lowest BCUT2D eigenvalue weighted by Gasteiger charge is -2.22. The topological polar surface area (TPSA) is 97.3 Å². The zero-order valence-corrected chi connectivity index (χ0v) is 15.4. The van der Waals surface area contributed by atoms with Crippen LogP contribution in [0.5, 0.6) is 5.75 Å². The molecule has 0 aliphatic carbocycles. The van der Waals surface area contributed by atoms with Crippen LogP contribution in [0.3, 0.4) is 0 Å². The third-order valence-corrected chi connectivity index (χ3v) is 4.54. The van der Waals surface area contributed by atoms with E-state index < -0.39 is 0 Å². The molecule has 8 heteroatoms. The van der Waals surface area contributed by atoms with Crippen LogP contribution >= 0.6 is 0 Å². The van der Waals surface area contributed by atoms with Gasteiger partial charge in [0.15, 0.2) is 0 Å². The minimum Gasteiger partial charge on any atom is -0.497 e. The van der Waals surface area contributed by atoms with Crippen molar-refractivity contribution in [3.63, 3.8) is 0 Å². The molecule has 3 rings (SSSR count). The summed E-state index contributed by atoms with van der Waals surface area (Å²) in [5.41, 5.74) is 1.28. The molecule has 0 spiro atoms. The van der Waals surface area contributed by atoms with Gasteiger partial charge in [-0.05, 0) is 43.1 Å². The number of piperidine rings is 1. The Hall–Kier alpha value is -2.87. The second kappa shape index (κ2) is 9.18. The summed E-state index contributed by atoms with van der Waals surface area (Å²) < 4.78 is 6.92. The van der Waals surface area contributed by atoms with Crippen molar-refractivity contribution in [3.8, 4) is 5.75 Å². The second-order valence-electron chi connectivity index (χ2n) is 6.49. The Balaban J connectivity index is 1.42. The quantitative estimate of drug-likeness (QED) is 0.671. The van der Waals surface area contributed by atoms with Crippen molar-refractivity contribution in [2.24, 2.45) is 0 Å². The summed E-state index contributed by atoms with van der Waals surface area (Å²) >= 11 is 0. The van der Waals surface area contributed by atoms with E-state index in [-0.39, 0.29) is 24.4 Å². The minimum atomic E-state index is -0.350. The predicted molar refractivity (Wildman–Crippen MR) is 101 cm³/mol. The highest BCUT2D eigenvalue weighted by atomic mass is 16.5. The van der Waals surface area contributed by atoms with Gasteiger partial charge in [-0.2, -0.15) is 5.10 Å². The number of amides is 2. The third-order valence-electron chi connectivity index (χ3n) is 4.54. The maximum Gasteiger partial charge on any atom is 0.272 e. The first-order valence-electron chi connectivity index (χ1n) is 9.09. The summed E-state index contributed by atoms with van der Waals surface area (Å²) in [6.45, 7) is 2.18. The Bertz CT molecular complexity index is 766. The third kappa shape index (κ3) is 5.30. The van der Waals surface area contributed by atoms with Crippen LogP contribution in [0.15, 0.2) is 36.5 Å². The van der Waals surface area contributed by atoms with E-state index in [9.17, 15) is 9.59 Å². The van der Waals surface area contributed by atoms with Crippen LogP contribution < -0.4 is 20.7 Å². The smallest absolute Gasteiger partial charge is 0.272 e. The Kier molecular flexibility index (Phi) is 6.43. The molecule has 2 heterocycles. The first-order valence-corrected chi connectivity index (χ1v) is 9.09. The Morgan fingerprint density at radius 3 is 2.78 bits per heavy atom. The number of ether oxygens (including phenoxy) is 1. The second-order valence-corrected chi connectivity index (χ2v) is 6.49. The van der Waals surface area contributed by atoms with Crippen molar-refractivity contribution >= 4 is 11.8 Å². The highest BCUT2D eigenvalue weighted by Gasteiger charge is 2.18. The highest BCUT2D eigenvalue weighted by molar-refractivity contribution is 5.94. The van der Waals surface area contributed by atoms with E-state index in [0.29, 0.717) is 12.2 Å². The monoisotopic (exact) mass is 371 g/mol. The van der Waals surface area contributed by atoms with Crippen molar-refractivity contribution in [1.29, 1.82) is 0 Å². The van der Waals surface area contributed by atoms with Crippen LogP contribution in [0, 0.1) is 0 Å². The van der Waals surface area contributed by atoms with Crippen LogP contribution in [-0.4, -0.2) is 48.3 Å². The molecule has 2 amide bonds. The van der Waals surface area contributed by atoms with E-state index in [2.05, 4.69) is 21.0 Å². The van der Waals surface area contributed by atoms with Gasteiger partial charge < -0.3 is 20.7 Å². The van der Waals surface area contributed by atoms with Crippen molar-refractivity contribution < 1.29 is 14.3 Å². The molecular weight excluding hydrogens is 346 g/mol. The molecule has 1 unspecified atom stereocenters. The summed E-state index contributed by atoms with van der Waals surface area (Å²) in [6, 6.07) is 9.38. The number of aromatic nitrogens is 2. The number of carbonyl (C=O) groups is 2. The molecule has 0 saturated carbocycles. The molecule has 2 aromatic rings. The first-order chi connectivity index (χ1) is 13.2. The summed E-state index contributed by atoms with van der Waals surface area (Å²) in [5.74, 6) is 0.160. The normalized spacial score (nSPS) is 16.6. The van der Waals surface area contributed by atoms with Crippen molar-refractivity contribution in [3.05, 3.63) is 47.8 Å². The lowest BCUT2D eigenvalue weighted by atomic mass is 10.1. The number of nitrogens with one attached hydrogen (secondary N) is 3. The first kappa shape index (κ1) is 18.9. The minimum absolute atomic E-state index is 0.0904. The van der Waals surface area contributed by atoms with Crippen LogP contribution in [0.4, 0.5) is 0 Å². The lowest BCUT2D eigenvalue weighted by Crippen LogP contribution is -2.37. The number of nitrogens with zero attached hydrogens (tertiary/aromatic N) is 2. The summed E-state index contributed by atoms with van der Waals surface area (Å²) in [6.07, 6.45) is 3.96. The lowest BCUT2D eigenvalue weighted by molar-refractivity contribution is -0.120. The standard InChI is InChI=1S/C19H25N5O3/c1-27-16-6-4-14(5-7-16)11-21-18(25)13-22-19(26)17-8-10-24(23-17)15-3-2-9-20-12-15/h4-8,10,15,20H,2-3,9,11-13H2,1H3,(H,21,25)(H,22,26). The van der Waals surface area contributed by atoms with Gasteiger partial charge in [-0.1, -0.05) is 12.1 Å². The Morgan fingerprint density at radius 2 is 2.07 bits per heavy atom. The van der Waals surface area contributed by atoms with Gasteiger partial charge >= 0.3 is 0 Å². The highest BCUT2D eigenvalue weighted by Crippen LogP contribution is 2.15. The molecule has 1 fully saturated rings. The summed E-state index contributed by atoms with van der Waals surface area (Å²) in [7, 11) is 1.61. The molecule has 1 aliphatic heterocycles. The van der Waals surface area contributed by atoms with Crippen LogP contribution in [0.25, 0.3) is 0 Å². The fraction of sp³-hybridized carbons (Fsp3) is 0.421. The molecule has 27 heavy (non-hydrogen) atoms. The van der Waals surface area contributed by atoms with Crippen molar-refractivity contribution in [2.75, 3.05) is 26.7 Å². The number of carbonyl (C=O) groups excluding carboxylic acids is 2. The van der Waals surface area contributed by atoms with Gasteiger partial charge in [0, 0.05) is 19.3 Å². The van der Waals surface area contributed by atoms with Crippen LogP contribution in [0.1, 0.15) is 34.9 Å². The van der Waals surface area contributed by atoms with E-state index in [1.54, 1.807) is 13.2 Å². The number of benzene rings is 1. The average molecular weight is 371 g/mol. The molecule has 8 nitrogen and oxygen atoms in total. The molecule has 3 N–H and O–H groups in total. The fourth-order valence-corrected chi connectivity index (χ4v) is 2.98. The summed E-state index contributed by atoms with van der Waals surface area (Å²) in [4.78, 5) is 24.1. The number of hydrogen-bond acceptors (Lipinski definition) is 5. The molecule has 1 aliphatic rings. The van der Waals surface area contributed by atoms with E-state index >= 15 is 0 Å². The van der Waals surface area contributed by atoms with Gasteiger partial charge in [0.1, 0.15) is 11.4 Å². The van der Waals surface area contributed by atoms with Gasteiger partial charge in [0.05, 0.1) is 19.7 Å². The van der Waals surface area contributed by atoms with Crippen molar-refractivity contribution in [2.45, 2.75) is 25.4 Å². The van der Waals surface area contributed by atoms with Gasteiger partial charge in [0.2, 0.25) is 5.91 Å². The number of methoxy groups -OCH3 is 1. The molecule has 1 saturated heterocycles. The number of rotatable bonds is 7. The van der Waals surface area contributed by atoms with E-state index in [1.807, 2.05) is 35.1 Å². The van der Waals surface area contributed by atoms with Gasteiger partial charge in [0.25, 0.3) is 5.91 Å². The maximum absolute atomic E-state index is 12.2. The predicted octanol–water partition coefficient (Wildman–Crippen LogP) is 0.862. The van der Waals surface area contributed by atoms with E-state index in [4.69, 9.17) is 4.74 Å². The molecular formula is C19H25N5O3. The van der Waals surface area contributed by atoms with Crippen molar-refractivity contribution in [1.82, 2.24) is 25.7 Å². The molecule has 0 radical (unpaired) electrons. The average Bonchev–Trinajstić information content (AvgIpc) is 3.22. The summed E-state index contributed by atoms with van der Waals surface area (Å²) in [5, 5.41) is 13.0. The van der Waals surface area contributed by atoms with Gasteiger partial charge in [-0.25, -0.2) is 0 Å². The maximum atomic E-state index is 12.2. The van der Waals surface area contributed by atoms with Crippen LogP contribution in [-0.2, 0) is 11.3 Å². The Labute approximate surface area is 158 Å². The largest absolute Gasteiger partial charge is 0.497 e. The molecule has 1 aromatic heterocycles. The molecule has 1 atom stereocenters. The van der Waals surface area contributed by atoms with Gasteiger partial charge in [-0.15, -0.1) is 0 Å². The van der Waals surface area contributed by atoms with E-state index in [1.165, 1.54) is 0 Å². The SMILES string of the molecule is COc1ccc(CNC(=O)CNC(=O)c2ccn(C3CCCNC3)n2)cc1. The van der Waals surface area contributed by atoms with Gasteiger partial charge in [-0.3, -0.25) is 14.3 Å².